The minimum Gasteiger partial charge on any atom is -0.351 e. The molecule has 0 spiro atoms. The van der Waals surface area contributed by atoms with Gasteiger partial charge in [-0.25, -0.2) is 0 Å². The monoisotopic (exact) mass is 344 g/mol. The van der Waals surface area contributed by atoms with E-state index in [1.807, 2.05) is 0 Å². The number of aromatic nitrogens is 3. The topological polar surface area (TPSA) is 90.0 Å². The fraction of sp³-hybridized carbons (Fsp3) is 0.429. The molecule has 0 fully saturated rings. The molecule has 0 atom stereocenters. The van der Waals surface area contributed by atoms with Gasteiger partial charge in [0.05, 0.1) is 0 Å². The summed E-state index contributed by atoms with van der Waals surface area (Å²) >= 11 is 0. The Kier molecular flexibility index (Phi) is 4.76. The molecule has 2 aromatic rings. The zero-order chi connectivity index (χ0) is 18.1. The molecule has 0 aliphatic heterocycles. The van der Waals surface area contributed by atoms with Crippen molar-refractivity contribution < 1.29 is 22.5 Å². The summed E-state index contributed by atoms with van der Waals surface area (Å²) < 4.78 is 42.4. The van der Waals surface area contributed by atoms with Crippen molar-refractivity contribution >= 4 is 5.91 Å². The Morgan fingerprint density at radius 3 is 2.62 bits per heavy atom. The van der Waals surface area contributed by atoms with E-state index in [2.05, 4.69) is 20.0 Å². The maximum atomic E-state index is 12.3. The van der Waals surface area contributed by atoms with Crippen LogP contribution in [-0.4, -0.2) is 27.2 Å². The first kappa shape index (κ1) is 17.7. The maximum Gasteiger partial charge on any atom is 0.471 e. The Labute approximate surface area is 134 Å². The van der Waals surface area contributed by atoms with E-state index in [-0.39, 0.29) is 24.4 Å². The third-order valence-electron chi connectivity index (χ3n) is 3.56. The number of nitrogens with zero attached hydrogens (tertiary/aromatic N) is 3. The van der Waals surface area contributed by atoms with Crippen LogP contribution in [0, 0.1) is 13.8 Å². The molecular formula is C14H15F3N4O3. The molecule has 0 radical (unpaired) electrons. The number of amides is 1. The molecule has 2 aromatic heterocycles. The molecule has 0 bridgehead atoms. The van der Waals surface area contributed by atoms with Crippen LogP contribution in [0.15, 0.2) is 15.4 Å². The Hall–Kier alpha value is -2.65. The molecule has 7 nitrogen and oxygen atoms in total. The number of halogens is 3. The van der Waals surface area contributed by atoms with Gasteiger partial charge in [-0.05, 0) is 25.5 Å². The number of hydrogen-bond donors (Lipinski definition) is 1. The molecule has 0 aromatic carbocycles. The van der Waals surface area contributed by atoms with Gasteiger partial charge in [-0.3, -0.25) is 9.59 Å². The lowest BCUT2D eigenvalue weighted by atomic mass is 10.1. The molecule has 0 aliphatic carbocycles. The van der Waals surface area contributed by atoms with E-state index in [9.17, 15) is 22.8 Å². The van der Waals surface area contributed by atoms with Crippen molar-refractivity contribution in [3.63, 3.8) is 0 Å². The molecule has 0 saturated carbocycles. The normalized spacial score (nSPS) is 11.6. The molecule has 130 valence electrons. The number of aryl methyl sites for hydroxylation is 1. The molecule has 1 N–H and O–H groups in total. The van der Waals surface area contributed by atoms with Crippen molar-refractivity contribution in [1.82, 2.24) is 20.0 Å². The highest BCUT2D eigenvalue weighted by Gasteiger charge is 2.38. The van der Waals surface area contributed by atoms with Gasteiger partial charge >= 0.3 is 12.1 Å². The second-order valence-electron chi connectivity index (χ2n) is 5.21. The average Bonchev–Trinajstić information content (AvgIpc) is 2.97. The molecule has 2 heterocycles. The van der Waals surface area contributed by atoms with E-state index < -0.39 is 23.5 Å². The number of nitrogens with one attached hydrogen (secondary N) is 1. The molecular weight excluding hydrogens is 329 g/mol. The summed E-state index contributed by atoms with van der Waals surface area (Å²) in [5.41, 5.74) is 1.03. The van der Waals surface area contributed by atoms with E-state index in [0.717, 1.165) is 11.3 Å². The lowest BCUT2D eigenvalue weighted by Gasteiger charge is -2.10. The number of pyridine rings is 1. The van der Waals surface area contributed by atoms with E-state index in [1.165, 1.54) is 10.6 Å². The first-order valence-electron chi connectivity index (χ1n) is 6.96. The van der Waals surface area contributed by atoms with Gasteiger partial charge in [-0.1, -0.05) is 5.16 Å². The first-order chi connectivity index (χ1) is 11.1. The number of carbonyl (C=O) groups excluding carboxylic acids is 1. The van der Waals surface area contributed by atoms with E-state index in [4.69, 9.17) is 0 Å². The van der Waals surface area contributed by atoms with E-state index in [0.29, 0.717) is 0 Å². The number of carbonyl (C=O) groups is 1. The predicted molar refractivity (Wildman–Crippen MR) is 76.5 cm³/mol. The van der Waals surface area contributed by atoms with Crippen molar-refractivity contribution in [2.75, 3.05) is 6.54 Å². The summed E-state index contributed by atoms with van der Waals surface area (Å²) in [4.78, 5) is 27.3. The summed E-state index contributed by atoms with van der Waals surface area (Å²) in [6.45, 7) is 3.49. The van der Waals surface area contributed by atoms with Crippen LogP contribution in [0.1, 0.15) is 33.3 Å². The summed E-state index contributed by atoms with van der Waals surface area (Å²) in [6, 6.07) is 1.48. The Morgan fingerprint density at radius 1 is 1.38 bits per heavy atom. The Morgan fingerprint density at radius 2 is 2.04 bits per heavy atom. The number of rotatable bonds is 4. The van der Waals surface area contributed by atoms with Gasteiger partial charge < -0.3 is 14.4 Å². The lowest BCUT2D eigenvalue weighted by Crippen LogP contribution is -2.34. The van der Waals surface area contributed by atoms with Crippen LogP contribution < -0.4 is 10.9 Å². The van der Waals surface area contributed by atoms with Crippen molar-refractivity contribution in [2.24, 2.45) is 7.05 Å². The number of alkyl halides is 3. The minimum atomic E-state index is -4.71. The third kappa shape index (κ3) is 3.63. The quantitative estimate of drug-likeness (QED) is 0.905. The van der Waals surface area contributed by atoms with Gasteiger partial charge in [-0.2, -0.15) is 18.2 Å². The predicted octanol–water partition coefficient (Wildman–Crippen LogP) is 1.38. The van der Waals surface area contributed by atoms with Crippen molar-refractivity contribution in [1.29, 1.82) is 0 Å². The van der Waals surface area contributed by atoms with Crippen LogP contribution >= 0.6 is 0 Å². The van der Waals surface area contributed by atoms with Gasteiger partial charge in [0.1, 0.15) is 5.56 Å². The van der Waals surface area contributed by atoms with Crippen LogP contribution in [-0.2, 0) is 19.6 Å². The van der Waals surface area contributed by atoms with Gasteiger partial charge in [0.15, 0.2) is 5.82 Å². The van der Waals surface area contributed by atoms with Crippen LogP contribution in [0.25, 0.3) is 0 Å². The molecule has 24 heavy (non-hydrogen) atoms. The Balaban J connectivity index is 2.02. The summed E-state index contributed by atoms with van der Waals surface area (Å²) in [7, 11) is 1.55. The number of hydrogen-bond acceptors (Lipinski definition) is 5. The highest BCUT2D eigenvalue weighted by molar-refractivity contribution is 5.94. The summed E-state index contributed by atoms with van der Waals surface area (Å²) in [5, 5.41) is 5.64. The zero-order valence-electron chi connectivity index (χ0n) is 13.2. The first-order valence-corrected chi connectivity index (χ1v) is 6.96. The molecule has 2 rings (SSSR count). The molecule has 10 heteroatoms. The smallest absolute Gasteiger partial charge is 0.351 e. The fourth-order valence-corrected chi connectivity index (χ4v) is 2.00. The van der Waals surface area contributed by atoms with Crippen molar-refractivity contribution in [2.45, 2.75) is 26.4 Å². The largest absolute Gasteiger partial charge is 0.471 e. The zero-order valence-corrected chi connectivity index (χ0v) is 13.2. The minimum absolute atomic E-state index is 0.0360. The van der Waals surface area contributed by atoms with Crippen LogP contribution in [0.4, 0.5) is 13.2 Å². The molecule has 0 unspecified atom stereocenters. The van der Waals surface area contributed by atoms with Gasteiger partial charge in [0.25, 0.3) is 11.5 Å². The van der Waals surface area contributed by atoms with Crippen molar-refractivity contribution in [3.05, 3.63) is 45.0 Å². The fourth-order valence-electron chi connectivity index (χ4n) is 2.00. The highest BCUT2D eigenvalue weighted by atomic mass is 19.4. The SMILES string of the molecule is Cc1cc(C(=O)NCCc2noc(C(F)(F)F)n2)c(=O)n(C)c1C. The standard InChI is InChI=1S/C14H15F3N4O3/c1-7-6-9(12(23)21(3)8(7)2)11(22)18-5-4-10-19-13(24-20-10)14(15,16)17/h6H,4-5H2,1-3H3,(H,18,22). The second-order valence-corrected chi connectivity index (χ2v) is 5.21. The van der Waals surface area contributed by atoms with Gasteiger partial charge in [-0.15, -0.1) is 0 Å². The average molecular weight is 344 g/mol. The third-order valence-corrected chi connectivity index (χ3v) is 3.56. The lowest BCUT2D eigenvalue weighted by molar-refractivity contribution is -0.159. The summed E-state index contributed by atoms with van der Waals surface area (Å²) in [5.74, 6) is -2.24. The molecule has 0 saturated heterocycles. The van der Waals surface area contributed by atoms with Gasteiger partial charge in [0.2, 0.25) is 0 Å². The van der Waals surface area contributed by atoms with Crippen LogP contribution in [0.2, 0.25) is 0 Å². The van der Waals surface area contributed by atoms with Crippen molar-refractivity contribution in [3.8, 4) is 0 Å². The van der Waals surface area contributed by atoms with Crippen LogP contribution in [0.3, 0.4) is 0 Å². The Bertz CT molecular complexity index is 824. The molecule has 0 aliphatic rings. The van der Waals surface area contributed by atoms with Crippen LogP contribution in [0.5, 0.6) is 0 Å². The maximum absolute atomic E-state index is 12.3. The summed E-state index contributed by atoms with van der Waals surface area (Å²) in [6.07, 6.45) is -4.77. The van der Waals surface area contributed by atoms with Gasteiger partial charge in [0, 0.05) is 25.7 Å². The molecule has 1 amide bonds. The highest BCUT2D eigenvalue weighted by Crippen LogP contribution is 2.27. The second kappa shape index (κ2) is 6.46. The van der Waals surface area contributed by atoms with E-state index >= 15 is 0 Å². The van der Waals surface area contributed by atoms with E-state index in [1.54, 1.807) is 20.9 Å².